The summed E-state index contributed by atoms with van der Waals surface area (Å²) in [4.78, 5) is 60.7. The van der Waals surface area contributed by atoms with E-state index in [-0.39, 0.29) is 85.0 Å². The molecular weight excluding hydrogens is 797 g/mol. The number of phosphoric ester groups is 1. The van der Waals surface area contributed by atoms with Crippen molar-refractivity contribution in [1.82, 2.24) is 20.0 Å². The van der Waals surface area contributed by atoms with Crippen molar-refractivity contribution in [2.45, 2.75) is 58.0 Å². The lowest BCUT2D eigenvalue weighted by molar-refractivity contribution is -0.145. The highest BCUT2D eigenvalue weighted by molar-refractivity contribution is 7.47. The monoisotopic (exact) mass is 849 g/mol. The zero-order valence-electron chi connectivity index (χ0n) is 33.1. The highest BCUT2D eigenvalue weighted by atomic mass is 31.2. The first-order chi connectivity index (χ1) is 28.5. The van der Waals surface area contributed by atoms with Crippen LogP contribution in [0.25, 0.3) is 12.2 Å². The first kappa shape index (κ1) is 48.3. The molecule has 0 bridgehead atoms. The summed E-state index contributed by atoms with van der Waals surface area (Å²) in [5.74, 6) is -1.05. The van der Waals surface area contributed by atoms with Gasteiger partial charge in [0.2, 0.25) is 0 Å². The van der Waals surface area contributed by atoms with Crippen molar-refractivity contribution in [2.75, 3.05) is 71.3 Å². The Kier molecular flexibility index (Phi) is 22.6. The van der Waals surface area contributed by atoms with Crippen molar-refractivity contribution in [3.63, 3.8) is 0 Å². The molecule has 0 fully saturated rings. The molecule has 2 heterocycles. The second kappa shape index (κ2) is 27.6. The molecule has 3 aromatic rings. The lowest BCUT2D eigenvalue weighted by Gasteiger charge is -2.20. The number of aliphatic hydroxyl groups excluding tert-OH is 1. The molecule has 0 saturated carbocycles. The molecule has 2 N–H and O–H groups in total. The molecule has 0 radical (unpaired) electrons. The van der Waals surface area contributed by atoms with Gasteiger partial charge in [0.05, 0.1) is 51.9 Å². The number of aromatic nitrogens is 4. The number of likely N-dealkylation sites (N-methyl/N-ethyl adjacent to an activating group) is 1. The number of anilines is 1. The van der Waals surface area contributed by atoms with E-state index in [9.17, 15) is 33.7 Å². The first-order valence-corrected chi connectivity index (χ1v) is 20.2. The fourth-order valence-corrected chi connectivity index (χ4v) is 5.61. The summed E-state index contributed by atoms with van der Waals surface area (Å²) in [5, 5.41) is 18.4. The number of nitrogens with zero attached hydrogens (tertiary/aromatic N) is 5. The van der Waals surface area contributed by atoms with Crippen molar-refractivity contribution in [1.29, 1.82) is 0 Å². The predicted octanol–water partition coefficient (Wildman–Crippen LogP) is 2.68. The van der Waals surface area contributed by atoms with Gasteiger partial charge in [-0.2, -0.15) is 0 Å². The minimum Gasteiger partial charge on any atom is -0.464 e. The molecule has 20 nitrogen and oxygen atoms in total. The fraction of sp³-hybridized carbons (Fsp3) is 0.500. The van der Waals surface area contributed by atoms with E-state index in [0.717, 1.165) is 22.5 Å². The summed E-state index contributed by atoms with van der Waals surface area (Å²) < 4.78 is 53.1. The van der Waals surface area contributed by atoms with Crippen LogP contribution in [0.2, 0.25) is 0 Å². The largest absolute Gasteiger partial charge is 0.472 e. The van der Waals surface area contributed by atoms with Crippen molar-refractivity contribution in [2.24, 2.45) is 0 Å². The zero-order chi connectivity index (χ0) is 42.7. The Labute approximate surface area is 341 Å². The predicted molar refractivity (Wildman–Crippen MR) is 209 cm³/mol. The number of carbonyl (C=O) groups is 4. The number of phosphoric acid groups is 1. The van der Waals surface area contributed by atoms with Gasteiger partial charge in [0.15, 0.2) is 6.10 Å². The lowest BCUT2D eigenvalue weighted by Crippen LogP contribution is -2.27. The Hall–Kier alpha value is -5.08. The molecule has 1 aromatic carbocycles. The second-order valence-electron chi connectivity index (χ2n) is 12.8. The van der Waals surface area contributed by atoms with Crippen molar-refractivity contribution in [3.8, 4) is 0 Å². The molecule has 0 amide bonds. The number of hydrogen-bond donors (Lipinski definition) is 2. The molecule has 3 atom stereocenters. The molecular formula is C38H52N5O15P. The average Bonchev–Trinajstić information content (AvgIpc) is 3.67. The minimum atomic E-state index is -4.52. The molecule has 0 aliphatic rings. The van der Waals surface area contributed by atoms with Crippen LogP contribution in [0.15, 0.2) is 48.8 Å². The molecule has 0 aliphatic heterocycles. The first-order valence-electron chi connectivity index (χ1n) is 18.7. The number of hydrogen-bond acceptors (Lipinski definition) is 18. The number of aryl methyl sites for hydroxylation is 1. The van der Waals surface area contributed by atoms with Gasteiger partial charge in [-0.25, -0.2) is 9.25 Å². The van der Waals surface area contributed by atoms with Crippen LogP contribution in [0.4, 0.5) is 5.69 Å². The van der Waals surface area contributed by atoms with Gasteiger partial charge in [-0.3, -0.25) is 33.2 Å². The third-order valence-electron chi connectivity index (χ3n) is 7.94. The summed E-state index contributed by atoms with van der Waals surface area (Å²) in [6.07, 6.45) is 5.96. The number of aliphatic hydroxyl groups is 1. The molecule has 0 spiro atoms. The van der Waals surface area contributed by atoms with Crippen molar-refractivity contribution < 1.29 is 71.2 Å². The van der Waals surface area contributed by atoms with E-state index in [2.05, 4.69) is 34.2 Å². The van der Waals surface area contributed by atoms with Crippen LogP contribution < -0.4 is 4.90 Å². The Morgan fingerprint density at radius 3 is 2.32 bits per heavy atom. The third-order valence-corrected chi connectivity index (χ3v) is 8.93. The van der Waals surface area contributed by atoms with Crippen LogP contribution in [0.1, 0.15) is 48.2 Å². The summed E-state index contributed by atoms with van der Waals surface area (Å²) in [6.45, 7) is 2.37. The quantitative estimate of drug-likeness (QED) is 0.0301. The van der Waals surface area contributed by atoms with E-state index in [1.54, 1.807) is 6.20 Å². The van der Waals surface area contributed by atoms with Gasteiger partial charge in [-0.05, 0) is 49.1 Å². The summed E-state index contributed by atoms with van der Waals surface area (Å²) >= 11 is 0. The van der Waals surface area contributed by atoms with Crippen LogP contribution >= 0.6 is 7.82 Å². The zero-order valence-corrected chi connectivity index (χ0v) is 34.0. The van der Waals surface area contributed by atoms with E-state index in [4.69, 9.17) is 23.5 Å². The number of carbonyl (C=O) groups excluding carboxylic acids is 4. The highest BCUT2D eigenvalue weighted by Gasteiger charge is 2.24. The summed E-state index contributed by atoms with van der Waals surface area (Å²) in [5.41, 5.74) is 4.55. The molecule has 59 heavy (non-hydrogen) atoms. The van der Waals surface area contributed by atoms with Crippen molar-refractivity contribution in [3.05, 3.63) is 71.3 Å². The Balaban J connectivity index is 1.16. The maximum absolute atomic E-state index is 12.1. The standard InChI is InChI=1S/C38H52N5O15P/c1-30-7-8-32(21-39-30)10-9-31-11-13-34(14-12-31)42(2)15-18-52-25-35(46)23-43-22-33(40-41-43)24-55-38(48)5-3-16-51-19-20-54-37(47)6-4-17-57-59(49,50)58-27-36(56-29-45)26-53-28-44/h7-14,21-22,28-29,35-36,46H,3-6,15-20,23-27H2,1-2H3,(H,49,50)/b10-9+. The SMILES string of the molecule is Cc1ccc(/C=C/c2ccc(N(C)CCOCC(O)Cn3cc(COC(=O)CCCOCCOC(=O)CCCOP(=O)(O)OCC(COC=O)OC=O)nn3)cc2)cn1. The van der Waals surface area contributed by atoms with Crippen LogP contribution in [0, 0.1) is 6.92 Å². The van der Waals surface area contributed by atoms with Gasteiger partial charge < -0.3 is 43.3 Å². The Bertz CT molecular complexity index is 1760. The molecule has 324 valence electrons. The van der Waals surface area contributed by atoms with E-state index in [1.807, 2.05) is 68.7 Å². The van der Waals surface area contributed by atoms with Gasteiger partial charge >= 0.3 is 19.8 Å². The lowest BCUT2D eigenvalue weighted by atomic mass is 10.1. The minimum absolute atomic E-state index is 0.0389. The Morgan fingerprint density at radius 2 is 1.59 bits per heavy atom. The number of pyridine rings is 1. The molecule has 0 saturated heterocycles. The van der Waals surface area contributed by atoms with E-state index < -0.39 is 38.6 Å². The average molecular weight is 850 g/mol. The van der Waals surface area contributed by atoms with Gasteiger partial charge in [-0.1, -0.05) is 35.6 Å². The number of ether oxygens (including phenoxy) is 6. The molecule has 3 rings (SSSR count). The maximum atomic E-state index is 12.1. The second-order valence-corrected chi connectivity index (χ2v) is 14.3. The van der Waals surface area contributed by atoms with Gasteiger partial charge in [0, 0.05) is 50.6 Å². The van der Waals surface area contributed by atoms with E-state index >= 15 is 0 Å². The van der Waals surface area contributed by atoms with Gasteiger partial charge in [-0.15, -0.1) is 5.10 Å². The molecule has 0 aliphatic carbocycles. The highest BCUT2D eigenvalue weighted by Crippen LogP contribution is 2.43. The van der Waals surface area contributed by atoms with Crippen molar-refractivity contribution >= 4 is 50.5 Å². The fourth-order valence-electron chi connectivity index (χ4n) is 4.82. The molecule has 3 unspecified atom stereocenters. The number of benzene rings is 1. The Morgan fingerprint density at radius 1 is 0.864 bits per heavy atom. The maximum Gasteiger partial charge on any atom is 0.472 e. The van der Waals surface area contributed by atoms with Crippen LogP contribution in [0.5, 0.6) is 0 Å². The molecule has 2 aromatic heterocycles. The topological polar surface area (TPSA) is 246 Å². The molecule has 21 heteroatoms. The third kappa shape index (κ3) is 21.5. The van der Waals surface area contributed by atoms with E-state index in [0.29, 0.717) is 25.3 Å². The normalized spacial score (nSPS) is 13.3. The van der Waals surface area contributed by atoms with Crippen LogP contribution in [-0.4, -0.2) is 134 Å². The smallest absolute Gasteiger partial charge is 0.464 e. The summed E-state index contributed by atoms with van der Waals surface area (Å²) in [6, 6.07) is 12.2. The number of esters is 2. The van der Waals surface area contributed by atoms with Crippen LogP contribution in [-0.2, 0) is 74.4 Å². The van der Waals surface area contributed by atoms with E-state index in [1.165, 1.54) is 4.68 Å². The van der Waals surface area contributed by atoms with Gasteiger partial charge in [0.1, 0.15) is 25.5 Å². The van der Waals surface area contributed by atoms with Gasteiger partial charge in [0.25, 0.3) is 12.9 Å². The summed E-state index contributed by atoms with van der Waals surface area (Å²) in [7, 11) is -2.54. The van der Waals surface area contributed by atoms with Crippen LogP contribution in [0.3, 0.4) is 0 Å². The number of rotatable bonds is 32.